The van der Waals surface area contributed by atoms with Gasteiger partial charge in [0.15, 0.2) is 0 Å². The van der Waals surface area contributed by atoms with Crippen molar-refractivity contribution in [1.29, 1.82) is 0 Å². The topological polar surface area (TPSA) is 46.3 Å². The van der Waals surface area contributed by atoms with E-state index in [0.29, 0.717) is 18.9 Å². The largest absolute Gasteiger partial charge is 0.398 e. The highest BCUT2D eigenvalue weighted by Crippen LogP contribution is 2.26. The molecular formula is C14H19BrN2O. The van der Waals surface area contributed by atoms with Crippen molar-refractivity contribution in [2.24, 2.45) is 5.92 Å². The molecule has 2 N–H and O–H groups in total. The van der Waals surface area contributed by atoms with Crippen molar-refractivity contribution < 1.29 is 4.79 Å². The lowest BCUT2D eigenvalue weighted by Gasteiger charge is -2.21. The summed E-state index contributed by atoms with van der Waals surface area (Å²) in [4.78, 5) is 14.0. The van der Waals surface area contributed by atoms with Crippen LogP contribution in [0.25, 0.3) is 0 Å². The third-order valence-corrected chi connectivity index (χ3v) is 4.53. The predicted octanol–water partition coefficient (Wildman–Crippen LogP) is 3.18. The first-order valence-corrected chi connectivity index (χ1v) is 7.18. The molecule has 3 nitrogen and oxygen atoms in total. The molecule has 1 aromatic carbocycles. The zero-order valence-electron chi connectivity index (χ0n) is 10.7. The number of likely N-dealkylation sites (tertiary alicyclic amines) is 1. The summed E-state index contributed by atoms with van der Waals surface area (Å²) >= 11 is 3.50. The highest BCUT2D eigenvalue weighted by atomic mass is 79.9. The number of nitrogens with two attached hydrogens (primary N) is 1. The van der Waals surface area contributed by atoms with Crippen molar-refractivity contribution in [3.63, 3.8) is 0 Å². The Balaban J connectivity index is 2.12. The van der Waals surface area contributed by atoms with Gasteiger partial charge in [-0.05, 0) is 46.3 Å². The maximum Gasteiger partial charge on any atom is 0.222 e. The molecule has 1 fully saturated rings. The van der Waals surface area contributed by atoms with Gasteiger partial charge in [0.25, 0.3) is 0 Å². The van der Waals surface area contributed by atoms with Crippen LogP contribution in [0.3, 0.4) is 0 Å². The van der Waals surface area contributed by atoms with Gasteiger partial charge >= 0.3 is 0 Å². The van der Waals surface area contributed by atoms with Crippen LogP contribution in [0.4, 0.5) is 5.69 Å². The molecule has 1 aromatic rings. The summed E-state index contributed by atoms with van der Waals surface area (Å²) in [5, 5.41) is 0. The van der Waals surface area contributed by atoms with Crippen molar-refractivity contribution in [1.82, 2.24) is 4.90 Å². The second-order valence-corrected chi connectivity index (χ2v) is 5.86. The molecule has 18 heavy (non-hydrogen) atoms. The molecule has 1 aliphatic rings. The van der Waals surface area contributed by atoms with E-state index in [2.05, 4.69) is 22.9 Å². The fourth-order valence-corrected chi connectivity index (χ4v) is 2.66. The molecule has 1 aliphatic heterocycles. The lowest BCUT2D eigenvalue weighted by atomic mass is 10.0. The predicted molar refractivity (Wildman–Crippen MR) is 77.0 cm³/mol. The van der Waals surface area contributed by atoms with Crippen molar-refractivity contribution in [3.8, 4) is 0 Å². The van der Waals surface area contributed by atoms with Gasteiger partial charge in [0.1, 0.15) is 0 Å². The summed E-state index contributed by atoms with van der Waals surface area (Å²) in [6, 6.07) is 5.81. The first kappa shape index (κ1) is 13.4. The average Bonchev–Trinajstić information content (AvgIpc) is 2.50. The summed E-state index contributed by atoms with van der Waals surface area (Å²) < 4.78 is 0.912. The molecule has 0 aromatic heterocycles. The van der Waals surface area contributed by atoms with Crippen molar-refractivity contribution >= 4 is 27.5 Å². The van der Waals surface area contributed by atoms with Crippen LogP contribution in [0.5, 0.6) is 0 Å². The van der Waals surface area contributed by atoms with Crippen LogP contribution in [0.15, 0.2) is 22.7 Å². The molecule has 0 saturated carbocycles. The summed E-state index contributed by atoms with van der Waals surface area (Å²) in [5.74, 6) is 0.900. The van der Waals surface area contributed by atoms with Gasteiger partial charge in [-0.3, -0.25) is 4.79 Å². The first-order valence-electron chi connectivity index (χ1n) is 6.38. The van der Waals surface area contributed by atoms with E-state index in [1.54, 1.807) is 0 Å². The van der Waals surface area contributed by atoms with Gasteiger partial charge in [-0.2, -0.15) is 0 Å². The molecule has 98 valence electrons. The van der Waals surface area contributed by atoms with Gasteiger partial charge in [-0.1, -0.05) is 19.1 Å². The van der Waals surface area contributed by atoms with E-state index in [-0.39, 0.29) is 5.91 Å². The molecule has 2 rings (SSSR count). The van der Waals surface area contributed by atoms with Crippen LogP contribution in [-0.4, -0.2) is 17.4 Å². The highest BCUT2D eigenvalue weighted by Gasteiger charge is 2.20. The minimum absolute atomic E-state index is 0.258. The molecule has 4 heteroatoms. The average molecular weight is 311 g/mol. The molecular weight excluding hydrogens is 292 g/mol. The van der Waals surface area contributed by atoms with Crippen molar-refractivity contribution in [2.45, 2.75) is 32.7 Å². The summed E-state index contributed by atoms with van der Waals surface area (Å²) in [5.41, 5.74) is 7.67. The van der Waals surface area contributed by atoms with Gasteiger partial charge in [0.2, 0.25) is 5.91 Å². The first-order chi connectivity index (χ1) is 8.58. The van der Waals surface area contributed by atoms with E-state index in [1.165, 1.54) is 0 Å². The molecule has 0 bridgehead atoms. The summed E-state index contributed by atoms with van der Waals surface area (Å²) in [6.07, 6.45) is 2.76. The SMILES string of the molecule is CC1CCC(=O)N(Cc2cccc(N)c2Br)CC1. The number of carbonyl (C=O) groups is 1. The Kier molecular flexibility index (Phi) is 4.27. The molecule has 1 unspecified atom stereocenters. The van der Waals surface area contributed by atoms with E-state index < -0.39 is 0 Å². The van der Waals surface area contributed by atoms with Crippen LogP contribution in [-0.2, 0) is 11.3 Å². The maximum atomic E-state index is 12.0. The van der Waals surface area contributed by atoms with E-state index in [1.807, 2.05) is 23.1 Å². The Morgan fingerprint density at radius 1 is 1.44 bits per heavy atom. The standard InChI is InChI=1S/C14H19BrN2O/c1-10-5-6-13(18)17(8-7-10)9-11-3-2-4-12(16)14(11)15/h2-4,10H,5-9,16H2,1H3. The number of hydrogen-bond acceptors (Lipinski definition) is 2. The van der Waals surface area contributed by atoms with Crippen molar-refractivity contribution in [2.75, 3.05) is 12.3 Å². The van der Waals surface area contributed by atoms with Gasteiger partial charge in [0.05, 0.1) is 0 Å². The normalized spacial score (nSPS) is 20.9. The van der Waals surface area contributed by atoms with Crippen molar-refractivity contribution in [3.05, 3.63) is 28.2 Å². The molecule has 1 saturated heterocycles. The van der Waals surface area contributed by atoms with E-state index in [9.17, 15) is 4.79 Å². The third-order valence-electron chi connectivity index (χ3n) is 3.57. The fraction of sp³-hybridized carbons (Fsp3) is 0.500. The minimum Gasteiger partial charge on any atom is -0.398 e. The monoisotopic (exact) mass is 310 g/mol. The Hall–Kier alpha value is -1.03. The van der Waals surface area contributed by atoms with Gasteiger partial charge in [-0.25, -0.2) is 0 Å². The molecule has 1 atom stereocenters. The number of hydrogen-bond donors (Lipinski definition) is 1. The summed E-state index contributed by atoms with van der Waals surface area (Å²) in [6.45, 7) is 3.71. The third kappa shape index (κ3) is 3.05. The number of benzene rings is 1. The van der Waals surface area contributed by atoms with Crippen LogP contribution >= 0.6 is 15.9 Å². The van der Waals surface area contributed by atoms with Crippen LogP contribution < -0.4 is 5.73 Å². The zero-order valence-corrected chi connectivity index (χ0v) is 12.2. The minimum atomic E-state index is 0.258. The second kappa shape index (κ2) is 5.74. The molecule has 0 aliphatic carbocycles. The number of rotatable bonds is 2. The molecule has 1 amide bonds. The van der Waals surface area contributed by atoms with Gasteiger partial charge in [0, 0.05) is 29.7 Å². The lowest BCUT2D eigenvalue weighted by molar-refractivity contribution is -0.131. The van der Waals surface area contributed by atoms with Crippen LogP contribution in [0.1, 0.15) is 31.7 Å². The number of nitrogens with zero attached hydrogens (tertiary/aromatic N) is 1. The quantitative estimate of drug-likeness (QED) is 0.853. The zero-order chi connectivity index (χ0) is 13.1. The smallest absolute Gasteiger partial charge is 0.222 e. The Bertz CT molecular complexity index is 447. The molecule has 0 spiro atoms. The van der Waals surface area contributed by atoms with Crippen LogP contribution in [0.2, 0.25) is 0 Å². The number of carbonyl (C=O) groups excluding carboxylic acids is 1. The summed E-state index contributed by atoms with van der Waals surface area (Å²) in [7, 11) is 0. The fourth-order valence-electron chi connectivity index (χ4n) is 2.27. The van der Waals surface area contributed by atoms with Gasteiger partial charge < -0.3 is 10.6 Å². The number of anilines is 1. The lowest BCUT2D eigenvalue weighted by Crippen LogP contribution is -2.29. The van der Waals surface area contributed by atoms with Gasteiger partial charge in [-0.15, -0.1) is 0 Å². The number of halogens is 1. The number of nitrogen functional groups attached to an aromatic ring is 1. The van der Waals surface area contributed by atoms with E-state index in [0.717, 1.165) is 35.1 Å². The number of amides is 1. The Labute approximate surface area is 116 Å². The molecule has 1 heterocycles. The Morgan fingerprint density at radius 2 is 2.22 bits per heavy atom. The maximum absolute atomic E-state index is 12.0. The van der Waals surface area contributed by atoms with E-state index >= 15 is 0 Å². The van der Waals surface area contributed by atoms with E-state index in [4.69, 9.17) is 5.73 Å². The second-order valence-electron chi connectivity index (χ2n) is 5.07. The molecule has 0 radical (unpaired) electrons. The Morgan fingerprint density at radius 3 is 3.00 bits per heavy atom. The highest BCUT2D eigenvalue weighted by molar-refractivity contribution is 9.10. The van der Waals surface area contributed by atoms with Crippen LogP contribution in [0, 0.1) is 5.92 Å².